The summed E-state index contributed by atoms with van der Waals surface area (Å²) in [5, 5.41) is 3.02. The van der Waals surface area contributed by atoms with Gasteiger partial charge in [0, 0.05) is 38.6 Å². The summed E-state index contributed by atoms with van der Waals surface area (Å²) in [6, 6.07) is 6.02. The molecule has 2 aliphatic heterocycles. The van der Waals surface area contributed by atoms with Crippen LogP contribution in [0.5, 0.6) is 0 Å². The topological polar surface area (TPSA) is 79.0 Å². The normalized spacial score (nSPS) is 20.4. The van der Waals surface area contributed by atoms with Crippen LogP contribution in [0.1, 0.15) is 31.7 Å². The molecule has 152 valence electrons. The second-order valence-electron chi connectivity index (χ2n) is 7.27. The molecule has 0 radical (unpaired) electrons. The molecule has 2 aliphatic rings. The molecular weight excluding hydrogens is 365 g/mol. The molecule has 1 aromatic carbocycles. The summed E-state index contributed by atoms with van der Waals surface area (Å²) >= 11 is 0. The van der Waals surface area contributed by atoms with Crippen molar-refractivity contribution in [3.8, 4) is 0 Å². The summed E-state index contributed by atoms with van der Waals surface area (Å²) in [7, 11) is 0. The Bertz CT molecular complexity index is 717. The fraction of sp³-hybridized carbons (Fsp3) is 0.550. The van der Waals surface area contributed by atoms with Crippen molar-refractivity contribution >= 4 is 17.9 Å². The van der Waals surface area contributed by atoms with E-state index in [2.05, 4.69) is 5.32 Å². The molecular formula is C20H26FN3O4. The Kier molecular flexibility index (Phi) is 6.49. The van der Waals surface area contributed by atoms with Crippen LogP contribution in [0.25, 0.3) is 0 Å². The maximum absolute atomic E-state index is 13.0. The van der Waals surface area contributed by atoms with Gasteiger partial charge in [0.15, 0.2) is 0 Å². The van der Waals surface area contributed by atoms with Crippen LogP contribution in [-0.2, 0) is 20.9 Å². The van der Waals surface area contributed by atoms with Crippen LogP contribution in [0.2, 0.25) is 0 Å². The number of halogens is 1. The van der Waals surface area contributed by atoms with E-state index in [1.807, 2.05) is 0 Å². The van der Waals surface area contributed by atoms with Gasteiger partial charge in [0.1, 0.15) is 5.82 Å². The number of nitrogens with zero attached hydrogens (tertiary/aromatic N) is 2. The maximum atomic E-state index is 13.0. The quantitative estimate of drug-likeness (QED) is 0.832. The first-order valence-electron chi connectivity index (χ1n) is 9.70. The Labute approximate surface area is 163 Å². The molecule has 0 saturated carbocycles. The highest BCUT2D eigenvalue weighted by atomic mass is 19.1. The van der Waals surface area contributed by atoms with Gasteiger partial charge < -0.3 is 19.9 Å². The molecule has 0 bridgehead atoms. The summed E-state index contributed by atoms with van der Waals surface area (Å²) in [5.74, 6) is -0.884. The average Bonchev–Trinajstić information content (AvgIpc) is 3.05. The largest absolute Gasteiger partial charge is 0.450 e. The van der Waals surface area contributed by atoms with Gasteiger partial charge in [-0.05, 0) is 37.5 Å². The van der Waals surface area contributed by atoms with Gasteiger partial charge in [0.25, 0.3) is 0 Å². The van der Waals surface area contributed by atoms with Gasteiger partial charge in [0.05, 0.1) is 12.5 Å². The number of likely N-dealkylation sites (tertiary alicyclic amines) is 2. The number of nitrogens with one attached hydrogen (secondary N) is 1. The van der Waals surface area contributed by atoms with Crippen LogP contribution in [0, 0.1) is 11.7 Å². The van der Waals surface area contributed by atoms with E-state index >= 15 is 0 Å². The third-order valence-electron chi connectivity index (χ3n) is 5.24. The molecule has 0 aliphatic carbocycles. The Balaban J connectivity index is 1.46. The number of benzene rings is 1. The molecule has 28 heavy (non-hydrogen) atoms. The zero-order valence-electron chi connectivity index (χ0n) is 16.0. The van der Waals surface area contributed by atoms with Crippen LogP contribution in [0.3, 0.4) is 0 Å². The van der Waals surface area contributed by atoms with Crippen molar-refractivity contribution in [3.05, 3.63) is 35.6 Å². The van der Waals surface area contributed by atoms with E-state index in [9.17, 15) is 18.8 Å². The molecule has 1 aromatic rings. The Morgan fingerprint density at radius 1 is 1.21 bits per heavy atom. The van der Waals surface area contributed by atoms with Gasteiger partial charge in [-0.1, -0.05) is 12.1 Å². The van der Waals surface area contributed by atoms with Crippen LogP contribution < -0.4 is 5.32 Å². The van der Waals surface area contributed by atoms with Crippen molar-refractivity contribution in [3.63, 3.8) is 0 Å². The van der Waals surface area contributed by atoms with Gasteiger partial charge in [-0.3, -0.25) is 9.59 Å². The van der Waals surface area contributed by atoms with Crippen LogP contribution >= 0.6 is 0 Å². The summed E-state index contributed by atoms with van der Waals surface area (Å²) in [6.45, 7) is 3.95. The molecule has 2 saturated heterocycles. The molecule has 3 amide bonds. The van der Waals surface area contributed by atoms with Gasteiger partial charge in [-0.15, -0.1) is 0 Å². The highest BCUT2D eigenvalue weighted by molar-refractivity contribution is 5.89. The van der Waals surface area contributed by atoms with E-state index in [4.69, 9.17) is 4.74 Å². The van der Waals surface area contributed by atoms with E-state index in [1.54, 1.807) is 28.9 Å². The lowest BCUT2D eigenvalue weighted by molar-refractivity contribution is -0.129. The van der Waals surface area contributed by atoms with Crippen molar-refractivity contribution < 1.29 is 23.5 Å². The second kappa shape index (κ2) is 9.03. The van der Waals surface area contributed by atoms with Gasteiger partial charge in [-0.25, -0.2) is 9.18 Å². The van der Waals surface area contributed by atoms with Crippen LogP contribution in [-0.4, -0.2) is 60.0 Å². The number of hydrogen-bond acceptors (Lipinski definition) is 4. The van der Waals surface area contributed by atoms with Crippen molar-refractivity contribution in [1.82, 2.24) is 15.1 Å². The van der Waals surface area contributed by atoms with E-state index in [1.165, 1.54) is 12.1 Å². The standard InChI is InChI=1S/C20H26FN3O4/c1-2-28-20(27)23-9-7-17(8-10-23)22-19(26)15-11-18(25)24(13-15)12-14-3-5-16(21)6-4-14/h3-6,15,17H,2,7-13H2,1H3,(H,22,26). The molecule has 1 N–H and O–H groups in total. The zero-order chi connectivity index (χ0) is 20.1. The molecule has 8 heteroatoms. The van der Waals surface area contributed by atoms with Crippen molar-refractivity contribution in [2.24, 2.45) is 5.92 Å². The first-order chi connectivity index (χ1) is 13.5. The summed E-state index contributed by atoms with van der Waals surface area (Å²) in [5.41, 5.74) is 0.835. The minimum atomic E-state index is -0.379. The molecule has 7 nitrogen and oxygen atoms in total. The minimum absolute atomic E-state index is 0.000530. The number of rotatable bonds is 5. The molecule has 1 atom stereocenters. The molecule has 3 rings (SSSR count). The van der Waals surface area contributed by atoms with Gasteiger partial charge in [0.2, 0.25) is 11.8 Å². The number of carbonyl (C=O) groups is 3. The number of carbonyl (C=O) groups excluding carboxylic acids is 3. The summed E-state index contributed by atoms with van der Waals surface area (Å²) < 4.78 is 18.0. The Morgan fingerprint density at radius 2 is 1.89 bits per heavy atom. The second-order valence-corrected chi connectivity index (χ2v) is 7.27. The third kappa shape index (κ3) is 4.99. The van der Waals surface area contributed by atoms with E-state index in [0.717, 1.165) is 5.56 Å². The van der Waals surface area contributed by atoms with Crippen molar-refractivity contribution in [1.29, 1.82) is 0 Å². The van der Waals surface area contributed by atoms with E-state index < -0.39 is 0 Å². The van der Waals surface area contributed by atoms with Crippen molar-refractivity contribution in [2.45, 2.75) is 38.8 Å². The number of amides is 3. The van der Waals surface area contributed by atoms with Crippen molar-refractivity contribution in [2.75, 3.05) is 26.2 Å². The first kappa shape index (κ1) is 20.1. The van der Waals surface area contributed by atoms with Crippen LogP contribution in [0.4, 0.5) is 9.18 Å². The van der Waals surface area contributed by atoms with E-state index in [0.29, 0.717) is 45.6 Å². The SMILES string of the molecule is CCOC(=O)N1CCC(NC(=O)C2CC(=O)N(Cc3ccc(F)cc3)C2)CC1. The Hall–Kier alpha value is -2.64. The third-order valence-corrected chi connectivity index (χ3v) is 5.24. The zero-order valence-corrected chi connectivity index (χ0v) is 16.0. The number of ether oxygens (including phenoxy) is 1. The Morgan fingerprint density at radius 3 is 2.54 bits per heavy atom. The van der Waals surface area contributed by atoms with Gasteiger partial charge >= 0.3 is 6.09 Å². The highest BCUT2D eigenvalue weighted by Crippen LogP contribution is 2.21. The molecule has 2 fully saturated rings. The molecule has 0 aromatic heterocycles. The average molecular weight is 391 g/mol. The molecule has 0 spiro atoms. The fourth-order valence-corrected chi connectivity index (χ4v) is 3.65. The number of piperidine rings is 1. The summed E-state index contributed by atoms with van der Waals surface area (Å²) in [4.78, 5) is 39.8. The predicted octanol–water partition coefficient (Wildman–Crippen LogP) is 1.91. The molecule has 2 heterocycles. The lowest BCUT2D eigenvalue weighted by Gasteiger charge is -2.32. The smallest absolute Gasteiger partial charge is 0.409 e. The van der Waals surface area contributed by atoms with Gasteiger partial charge in [-0.2, -0.15) is 0 Å². The first-order valence-corrected chi connectivity index (χ1v) is 9.70. The predicted molar refractivity (Wildman–Crippen MR) is 99.7 cm³/mol. The highest BCUT2D eigenvalue weighted by Gasteiger charge is 2.35. The molecule has 1 unspecified atom stereocenters. The minimum Gasteiger partial charge on any atom is -0.450 e. The monoisotopic (exact) mass is 391 g/mol. The maximum Gasteiger partial charge on any atom is 0.409 e. The lowest BCUT2D eigenvalue weighted by atomic mass is 10.0. The summed E-state index contributed by atoms with van der Waals surface area (Å²) in [6.07, 6.45) is 1.22. The fourth-order valence-electron chi connectivity index (χ4n) is 3.65. The van der Waals surface area contributed by atoms with Crippen LogP contribution in [0.15, 0.2) is 24.3 Å². The lowest BCUT2D eigenvalue weighted by Crippen LogP contribution is -2.48. The van der Waals surface area contributed by atoms with E-state index in [-0.39, 0.29) is 42.1 Å². The number of hydrogen-bond donors (Lipinski definition) is 1.